The smallest absolute Gasteiger partial charge is 0.292 e. The van der Waals surface area contributed by atoms with Gasteiger partial charge in [-0.3, -0.25) is 14.9 Å². The van der Waals surface area contributed by atoms with Gasteiger partial charge in [-0.05, 0) is 60.5 Å². The van der Waals surface area contributed by atoms with Gasteiger partial charge in [-0.25, -0.2) is 13.5 Å². The van der Waals surface area contributed by atoms with Crippen LogP contribution < -0.4 is 5.73 Å². The molecule has 1 fully saturated rings. The molecule has 0 saturated carbocycles. The first kappa shape index (κ1) is 25.5. The highest BCUT2D eigenvalue weighted by Crippen LogP contribution is 2.36. The number of nitrogens with zero attached hydrogens (tertiary/aromatic N) is 4. The number of nitrogen functional groups attached to an aromatic ring is 1. The molecular weight excluding hydrogens is 564 g/mol. The van der Waals surface area contributed by atoms with Crippen molar-refractivity contribution in [1.29, 1.82) is 0 Å². The second kappa shape index (κ2) is 10.3. The molecule has 1 amide bonds. The first-order valence-corrected chi connectivity index (χ1v) is 12.3. The monoisotopic (exact) mass is 583 g/mol. The largest absolute Gasteiger partial charge is 0.393 e. The van der Waals surface area contributed by atoms with Crippen LogP contribution in [0.25, 0.3) is 16.9 Å². The quantitative estimate of drug-likeness (QED) is 0.182. The van der Waals surface area contributed by atoms with Crippen molar-refractivity contribution < 1.29 is 23.2 Å². The van der Waals surface area contributed by atoms with Crippen molar-refractivity contribution in [3.05, 3.63) is 104 Å². The molecule has 9 nitrogen and oxygen atoms in total. The second-order valence-corrected chi connectivity index (χ2v) is 9.54. The molecule has 2 heterocycles. The highest BCUT2D eigenvalue weighted by Gasteiger charge is 2.36. The molecule has 3 aromatic carbocycles. The first-order valence-electron chi connectivity index (χ1n) is 11.5. The van der Waals surface area contributed by atoms with Gasteiger partial charge in [0, 0.05) is 40.5 Å². The van der Waals surface area contributed by atoms with Gasteiger partial charge in [-0.15, -0.1) is 0 Å². The molecule has 0 aliphatic carbocycles. The summed E-state index contributed by atoms with van der Waals surface area (Å²) in [6.45, 7) is -0.185. The third-order valence-electron chi connectivity index (χ3n) is 6.20. The molecule has 2 N–H and O–H groups in total. The molecule has 1 aromatic heterocycles. The molecule has 5 rings (SSSR count). The number of carbonyl (C=O) groups is 1. The number of carbonyl (C=O) groups excluding carboxylic acids is 1. The van der Waals surface area contributed by atoms with E-state index in [0.717, 1.165) is 22.3 Å². The third kappa shape index (κ3) is 5.00. The van der Waals surface area contributed by atoms with Crippen LogP contribution in [0.15, 0.2) is 71.3 Å². The highest BCUT2D eigenvalue weighted by atomic mass is 79.9. The average molecular weight is 584 g/mol. The Morgan fingerprint density at radius 2 is 1.84 bits per heavy atom. The minimum atomic E-state index is -0.862. The summed E-state index contributed by atoms with van der Waals surface area (Å²) in [6.07, 6.45) is 0.858. The van der Waals surface area contributed by atoms with Crippen LogP contribution in [0.4, 0.5) is 20.2 Å². The van der Waals surface area contributed by atoms with Crippen molar-refractivity contribution in [3.63, 3.8) is 0 Å². The molecule has 1 saturated heterocycles. The van der Waals surface area contributed by atoms with E-state index in [-0.39, 0.29) is 36.7 Å². The zero-order valence-corrected chi connectivity index (χ0v) is 21.3. The predicted molar refractivity (Wildman–Crippen MR) is 138 cm³/mol. The third-order valence-corrected chi connectivity index (χ3v) is 6.73. The Labute approximate surface area is 223 Å². The molecule has 1 aliphatic heterocycles. The van der Waals surface area contributed by atoms with E-state index in [1.54, 1.807) is 23.0 Å². The predicted octanol–water partition coefficient (Wildman–Crippen LogP) is 5.17. The lowest BCUT2D eigenvalue weighted by atomic mass is 10.1. The molecule has 0 spiro atoms. The number of amides is 1. The van der Waals surface area contributed by atoms with Crippen molar-refractivity contribution >= 4 is 33.2 Å². The number of rotatable bonds is 7. The Hall–Kier alpha value is -4.16. The average Bonchev–Trinajstić information content (AvgIpc) is 3.48. The number of anilines is 1. The molecular formula is C26H20BrF2N5O4. The summed E-state index contributed by atoms with van der Waals surface area (Å²) in [5, 5.41) is 15.9. The van der Waals surface area contributed by atoms with Crippen LogP contribution in [0.1, 0.15) is 17.4 Å². The maximum Gasteiger partial charge on any atom is 0.292 e. The normalized spacial score (nSPS) is 15.3. The highest BCUT2D eigenvalue weighted by molar-refractivity contribution is 9.10. The van der Waals surface area contributed by atoms with E-state index in [0.29, 0.717) is 16.8 Å². The summed E-state index contributed by atoms with van der Waals surface area (Å²) in [6, 6.07) is 15.2. The number of nitro benzene ring substituents is 1. The van der Waals surface area contributed by atoms with Gasteiger partial charge >= 0.3 is 0 Å². The Bertz CT molecular complexity index is 1530. The van der Waals surface area contributed by atoms with Crippen molar-refractivity contribution in [2.45, 2.75) is 12.6 Å². The molecule has 38 heavy (non-hydrogen) atoms. The first-order chi connectivity index (χ1) is 18.2. The molecule has 4 aromatic rings. The Morgan fingerprint density at radius 3 is 2.53 bits per heavy atom. The number of halogens is 3. The number of aromatic nitrogens is 2. The number of nitro groups is 1. The van der Waals surface area contributed by atoms with E-state index in [4.69, 9.17) is 15.6 Å². The zero-order chi connectivity index (χ0) is 27.0. The second-order valence-electron chi connectivity index (χ2n) is 8.62. The van der Waals surface area contributed by atoms with E-state index < -0.39 is 28.5 Å². The lowest BCUT2D eigenvalue weighted by Gasteiger charge is -2.23. The summed E-state index contributed by atoms with van der Waals surface area (Å²) in [5.41, 5.74) is 7.32. The Balaban J connectivity index is 1.50. The molecule has 0 bridgehead atoms. The van der Waals surface area contributed by atoms with Crippen LogP contribution in [0, 0.1) is 21.7 Å². The molecule has 1 atom stereocenters. The maximum atomic E-state index is 14.5. The van der Waals surface area contributed by atoms with Gasteiger partial charge in [-0.2, -0.15) is 5.10 Å². The van der Waals surface area contributed by atoms with E-state index in [1.807, 2.05) is 24.3 Å². The summed E-state index contributed by atoms with van der Waals surface area (Å²) in [4.78, 5) is 24.8. The standard InChI is InChI=1S/C26H20BrF2N5O4/c27-17-3-7-19(8-4-17)33-13-20(25(31-33)15-1-5-18(28)6-2-15)26-32(24(35)14-38-26)10-9-16-11-23(34(36)37)22(30)12-21(16)29/h1-8,11-13,26H,9-10,14,30H2. The van der Waals surface area contributed by atoms with Crippen LogP contribution in [-0.4, -0.2) is 38.7 Å². The Morgan fingerprint density at radius 1 is 1.13 bits per heavy atom. The molecule has 1 aliphatic rings. The number of benzene rings is 3. The van der Waals surface area contributed by atoms with E-state index in [9.17, 15) is 23.7 Å². The van der Waals surface area contributed by atoms with Crippen LogP contribution in [0.2, 0.25) is 0 Å². The minimum absolute atomic E-state index is 0.00865. The van der Waals surface area contributed by atoms with Crippen LogP contribution >= 0.6 is 15.9 Å². The number of ether oxygens (including phenoxy) is 1. The van der Waals surface area contributed by atoms with Gasteiger partial charge in [0.1, 0.15) is 29.6 Å². The van der Waals surface area contributed by atoms with Crippen LogP contribution in [-0.2, 0) is 16.0 Å². The van der Waals surface area contributed by atoms with Gasteiger partial charge in [0.25, 0.3) is 11.6 Å². The summed E-state index contributed by atoms with van der Waals surface area (Å²) in [5.74, 6) is -1.44. The summed E-state index contributed by atoms with van der Waals surface area (Å²) < 4.78 is 36.5. The molecule has 12 heteroatoms. The fourth-order valence-electron chi connectivity index (χ4n) is 4.29. The summed E-state index contributed by atoms with van der Waals surface area (Å²) in [7, 11) is 0. The molecule has 194 valence electrons. The van der Waals surface area contributed by atoms with Crippen molar-refractivity contribution in [1.82, 2.24) is 14.7 Å². The SMILES string of the molecule is Nc1cc(F)c(CCN2C(=O)COC2c2cn(-c3ccc(Br)cc3)nc2-c2ccc(F)cc2)cc1[N+](=O)[O-]. The fourth-order valence-corrected chi connectivity index (χ4v) is 4.56. The van der Waals surface area contributed by atoms with Gasteiger partial charge in [0.2, 0.25) is 0 Å². The van der Waals surface area contributed by atoms with E-state index in [1.165, 1.54) is 17.0 Å². The van der Waals surface area contributed by atoms with Crippen LogP contribution in [0.3, 0.4) is 0 Å². The van der Waals surface area contributed by atoms with Crippen molar-refractivity contribution in [2.75, 3.05) is 18.9 Å². The number of hydrogen-bond acceptors (Lipinski definition) is 6. The van der Waals surface area contributed by atoms with Crippen molar-refractivity contribution in [2.24, 2.45) is 0 Å². The molecule has 1 unspecified atom stereocenters. The van der Waals surface area contributed by atoms with Crippen LogP contribution in [0.5, 0.6) is 0 Å². The maximum absolute atomic E-state index is 14.5. The zero-order valence-electron chi connectivity index (χ0n) is 19.7. The van der Waals surface area contributed by atoms with Gasteiger partial charge in [-0.1, -0.05) is 15.9 Å². The molecule has 0 radical (unpaired) electrons. The van der Waals surface area contributed by atoms with Gasteiger partial charge in [0.05, 0.1) is 10.6 Å². The summed E-state index contributed by atoms with van der Waals surface area (Å²) >= 11 is 3.41. The van der Waals surface area contributed by atoms with E-state index >= 15 is 0 Å². The number of hydrogen-bond donors (Lipinski definition) is 1. The van der Waals surface area contributed by atoms with Gasteiger partial charge < -0.3 is 15.4 Å². The minimum Gasteiger partial charge on any atom is -0.393 e. The topological polar surface area (TPSA) is 117 Å². The fraction of sp³-hybridized carbons (Fsp3) is 0.154. The Kier molecular flexibility index (Phi) is 6.91. The number of nitrogens with two attached hydrogens (primary N) is 1. The van der Waals surface area contributed by atoms with Gasteiger partial charge in [0.15, 0.2) is 6.23 Å². The lowest BCUT2D eigenvalue weighted by molar-refractivity contribution is -0.384. The van der Waals surface area contributed by atoms with Crippen molar-refractivity contribution in [3.8, 4) is 16.9 Å². The van der Waals surface area contributed by atoms with E-state index in [2.05, 4.69) is 15.9 Å². The lowest BCUT2D eigenvalue weighted by Crippen LogP contribution is -2.31.